The molecule has 5 nitrogen and oxygen atoms in total. The molecule has 1 aromatic carbocycles. The number of amidine groups is 1. The van der Waals surface area contributed by atoms with Crippen molar-refractivity contribution >= 4 is 29.0 Å². The van der Waals surface area contributed by atoms with Gasteiger partial charge < -0.3 is 10.5 Å². The lowest BCUT2D eigenvalue weighted by atomic mass is 10.2. The fourth-order valence-corrected chi connectivity index (χ4v) is 2.55. The first kappa shape index (κ1) is 15.7. The van der Waals surface area contributed by atoms with E-state index in [2.05, 4.69) is 5.10 Å². The summed E-state index contributed by atoms with van der Waals surface area (Å²) in [4.78, 5) is 0. The average molecular weight is 327 g/mol. The number of nitrogens with two attached hydrogens (primary N) is 1. The van der Waals surface area contributed by atoms with Crippen LogP contribution in [0.3, 0.4) is 0 Å². The molecule has 112 valence electrons. The quantitative estimate of drug-likeness (QED) is 0.654. The number of hydrogen-bond donors (Lipinski definition) is 2. The van der Waals surface area contributed by atoms with Gasteiger partial charge in [-0.2, -0.15) is 5.10 Å². The first-order chi connectivity index (χ1) is 9.93. The van der Waals surface area contributed by atoms with E-state index in [1.165, 1.54) is 0 Å². The van der Waals surface area contributed by atoms with Crippen LogP contribution in [0.5, 0.6) is 5.75 Å². The summed E-state index contributed by atoms with van der Waals surface area (Å²) in [6, 6.07) is 5.00. The second-order valence-corrected chi connectivity index (χ2v) is 5.31. The number of aryl methyl sites for hydroxylation is 2. The second kappa shape index (κ2) is 6.37. The average Bonchev–Trinajstić information content (AvgIpc) is 2.71. The van der Waals surface area contributed by atoms with Gasteiger partial charge in [0.15, 0.2) is 0 Å². The summed E-state index contributed by atoms with van der Waals surface area (Å²) in [6.45, 7) is 2.29. The Balaban J connectivity index is 2.15. The summed E-state index contributed by atoms with van der Waals surface area (Å²) in [5.41, 5.74) is 7.55. The number of hydrogen-bond acceptors (Lipinski definition) is 3. The molecule has 0 radical (unpaired) electrons. The Morgan fingerprint density at radius 3 is 2.67 bits per heavy atom. The molecular weight excluding hydrogens is 311 g/mol. The molecule has 0 saturated heterocycles. The first-order valence-electron chi connectivity index (χ1n) is 6.41. The highest BCUT2D eigenvalue weighted by molar-refractivity contribution is 6.34. The number of nitrogens with one attached hydrogen (secondary N) is 1. The van der Waals surface area contributed by atoms with Crippen molar-refractivity contribution in [3.8, 4) is 5.75 Å². The van der Waals surface area contributed by atoms with Gasteiger partial charge in [-0.3, -0.25) is 10.1 Å². The minimum absolute atomic E-state index is 0.0752. The maximum absolute atomic E-state index is 7.39. The van der Waals surface area contributed by atoms with Crippen LogP contribution in [0.15, 0.2) is 18.2 Å². The van der Waals surface area contributed by atoms with Gasteiger partial charge in [-0.15, -0.1) is 0 Å². The first-order valence-corrected chi connectivity index (χ1v) is 7.16. The molecule has 0 unspecified atom stereocenters. The van der Waals surface area contributed by atoms with Gasteiger partial charge in [0.25, 0.3) is 0 Å². The van der Waals surface area contributed by atoms with Gasteiger partial charge in [-0.25, -0.2) is 0 Å². The van der Waals surface area contributed by atoms with E-state index in [9.17, 15) is 0 Å². The van der Waals surface area contributed by atoms with Gasteiger partial charge in [-0.05, 0) is 24.6 Å². The molecule has 0 aliphatic rings. The molecule has 21 heavy (non-hydrogen) atoms. The van der Waals surface area contributed by atoms with E-state index in [0.29, 0.717) is 21.4 Å². The Hall–Kier alpha value is -1.72. The van der Waals surface area contributed by atoms with E-state index in [-0.39, 0.29) is 12.4 Å². The number of rotatable bonds is 5. The van der Waals surface area contributed by atoms with E-state index in [0.717, 1.165) is 17.8 Å². The van der Waals surface area contributed by atoms with Gasteiger partial charge in [0.2, 0.25) is 0 Å². The van der Waals surface area contributed by atoms with Gasteiger partial charge in [0.05, 0.1) is 21.4 Å². The third-order valence-electron chi connectivity index (χ3n) is 3.11. The van der Waals surface area contributed by atoms with E-state index in [1.54, 1.807) is 22.9 Å². The zero-order valence-electron chi connectivity index (χ0n) is 11.8. The SMILES string of the molecule is CCc1nn(C)c(COc2ccc(C(=N)N)c(Cl)c2)c1Cl. The topological polar surface area (TPSA) is 76.9 Å². The molecule has 0 atom stereocenters. The predicted molar refractivity (Wildman–Crippen MR) is 84.4 cm³/mol. The van der Waals surface area contributed by atoms with Crippen LogP contribution in [0, 0.1) is 5.41 Å². The molecule has 7 heteroatoms. The van der Waals surface area contributed by atoms with Gasteiger partial charge in [0.1, 0.15) is 18.2 Å². The van der Waals surface area contributed by atoms with E-state index in [4.69, 9.17) is 39.1 Å². The van der Waals surface area contributed by atoms with Crippen LogP contribution in [-0.4, -0.2) is 15.6 Å². The van der Waals surface area contributed by atoms with Gasteiger partial charge >= 0.3 is 0 Å². The highest BCUT2D eigenvalue weighted by Gasteiger charge is 2.14. The van der Waals surface area contributed by atoms with Crippen molar-refractivity contribution in [1.29, 1.82) is 5.41 Å². The van der Waals surface area contributed by atoms with Crippen molar-refractivity contribution < 1.29 is 4.74 Å². The Kier molecular flexibility index (Phi) is 4.75. The van der Waals surface area contributed by atoms with Crippen molar-refractivity contribution in [1.82, 2.24) is 9.78 Å². The lowest BCUT2D eigenvalue weighted by Crippen LogP contribution is -2.11. The third kappa shape index (κ3) is 3.31. The van der Waals surface area contributed by atoms with Crippen molar-refractivity contribution in [3.05, 3.63) is 45.2 Å². The highest BCUT2D eigenvalue weighted by Crippen LogP contribution is 2.25. The van der Waals surface area contributed by atoms with Crippen molar-refractivity contribution in [2.75, 3.05) is 0 Å². The number of halogens is 2. The summed E-state index contributed by atoms with van der Waals surface area (Å²) < 4.78 is 7.40. The maximum Gasteiger partial charge on any atom is 0.131 e. The Bertz CT molecular complexity index is 682. The van der Waals surface area contributed by atoms with Crippen LogP contribution in [0.25, 0.3) is 0 Å². The summed E-state index contributed by atoms with van der Waals surface area (Å²) in [5, 5.41) is 12.7. The minimum Gasteiger partial charge on any atom is -0.487 e. The Labute approximate surface area is 133 Å². The Morgan fingerprint density at radius 1 is 1.43 bits per heavy atom. The molecule has 0 fully saturated rings. The molecule has 2 aromatic rings. The zero-order chi connectivity index (χ0) is 15.6. The fraction of sp³-hybridized carbons (Fsp3) is 0.286. The smallest absolute Gasteiger partial charge is 0.131 e. The summed E-state index contributed by atoms with van der Waals surface area (Å²) in [6.07, 6.45) is 0.770. The fourth-order valence-electron chi connectivity index (χ4n) is 1.93. The standard InChI is InChI=1S/C14H16Cl2N4O/c1-3-11-13(16)12(20(2)19-11)7-21-8-4-5-9(14(17)18)10(15)6-8/h4-6H,3,7H2,1-2H3,(H3,17,18). The van der Waals surface area contributed by atoms with E-state index < -0.39 is 0 Å². The molecule has 0 aliphatic heterocycles. The summed E-state index contributed by atoms with van der Waals surface area (Å²) in [5.74, 6) is 0.508. The summed E-state index contributed by atoms with van der Waals surface area (Å²) >= 11 is 12.3. The second-order valence-electron chi connectivity index (χ2n) is 4.53. The third-order valence-corrected chi connectivity index (χ3v) is 3.86. The number of nitrogen functional groups attached to an aromatic ring is 1. The van der Waals surface area contributed by atoms with Crippen molar-refractivity contribution in [3.63, 3.8) is 0 Å². The molecule has 1 heterocycles. The number of aromatic nitrogens is 2. The maximum atomic E-state index is 7.39. The van der Waals surface area contributed by atoms with Crippen LogP contribution < -0.4 is 10.5 Å². The van der Waals surface area contributed by atoms with E-state index in [1.807, 2.05) is 14.0 Å². The molecular formula is C14H16Cl2N4O. The normalized spacial score (nSPS) is 10.7. The minimum atomic E-state index is -0.0752. The van der Waals surface area contributed by atoms with E-state index >= 15 is 0 Å². The molecule has 0 aliphatic carbocycles. The van der Waals surface area contributed by atoms with Crippen LogP contribution >= 0.6 is 23.2 Å². The van der Waals surface area contributed by atoms with Crippen LogP contribution in [0.1, 0.15) is 23.9 Å². The summed E-state index contributed by atoms with van der Waals surface area (Å²) in [7, 11) is 1.83. The van der Waals surface area contributed by atoms with Gasteiger partial charge in [-0.1, -0.05) is 30.1 Å². The molecule has 0 bridgehead atoms. The van der Waals surface area contributed by atoms with Crippen LogP contribution in [0.4, 0.5) is 0 Å². The molecule has 1 aromatic heterocycles. The Morgan fingerprint density at radius 2 is 2.14 bits per heavy atom. The highest BCUT2D eigenvalue weighted by atomic mass is 35.5. The molecule has 0 spiro atoms. The lowest BCUT2D eigenvalue weighted by Gasteiger charge is -2.09. The lowest BCUT2D eigenvalue weighted by molar-refractivity contribution is 0.295. The zero-order valence-corrected chi connectivity index (χ0v) is 13.3. The number of benzene rings is 1. The van der Waals surface area contributed by atoms with Crippen LogP contribution in [0.2, 0.25) is 10.0 Å². The van der Waals surface area contributed by atoms with Crippen molar-refractivity contribution in [2.24, 2.45) is 12.8 Å². The predicted octanol–water partition coefficient (Wildman–Crippen LogP) is 3.15. The largest absolute Gasteiger partial charge is 0.487 e. The number of nitrogens with zero attached hydrogens (tertiary/aromatic N) is 2. The molecule has 0 amide bonds. The molecule has 3 N–H and O–H groups in total. The van der Waals surface area contributed by atoms with Crippen molar-refractivity contribution in [2.45, 2.75) is 20.0 Å². The molecule has 2 rings (SSSR count). The number of ether oxygens (including phenoxy) is 1. The van der Waals surface area contributed by atoms with Crippen LogP contribution in [-0.2, 0) is 20.1 Å². The monoisotopic (exact) mass is 326 g/mol. The molecule has 0 saturated carbocycles. The van der Waals surface area contributed by atoms with Gasteiger partial charge in [0, 0.05) is 12.6 Å².